The highest BCUT2D eigenvalue weighted by molar-refractivity contribution is 6.06. The quantitative estimate of drug-likeness (QED) is 0.414. The van der Waals surface area contributed by atoms with Crippen molar-refractivity contribution in [3.8, 4) is 5.75 Å². The number of carbonyl (C=O) groups is 1. The van der Waals surface area contributed by atoms with Crippen LogP contribution < -0.4 is 0 Å². The van der Waals surface area contributed by atoms with Crippen LogP contribution in [0.1, 0.15) is 51.9 Å². The molecule has 0 amide bonds. The molecule has 22 heavy (non-hydrogen) atoms. The van der Waals surface area contributed by atoms with Crippen LogP contribution in [0.4, 0.5) is 0 Å². The molecule has 0 bridgehead atoms. The predicted octanol–water partition coefficient (Wildman–Crippen LogP) is 5.95. The molecule has 1 N–H and O–H groups in total. The average molecular weight is 302 g/mol. The van der Waals surface area contributed by atoms with E-state index >= 15 is 0 Å². The summed E-state index contributed by atoms with van der Waals surface area (Å²) in [4.78, 5) is 11.9. The van der Waals surface area contributed by atoms with Gasteiger partial charge in [0.15, 0.2) is 5.78 Å². The third kappa shape index (κ3) is 8.96. The van der Waals surface area contributed by atoms with Crippen molar-refractivity contribution in [2.24, 2.45) is 5.92 Å². The van der Waals surface area contributed by atoms with Gasteiger partial charge in [-0.2, -0.15) is 0 Å². The molecule has 1 aromatic carbocycles. The van der Waals surface area contributed by atoms with Gasteiger partial charge >= 0.3 is 0 Å². The molecule has 0 aromatic heterocycles. The van der Waals surface area contributed by atoms with Crippen molar-refractivity contribution in [2.45, 2.75) is 41.5 Å². The van der Waals surface area contributed by atoms with Crippen LogP contribution in [0, 0.1) is 5.92 Å². The second-order valence-electron chi connectivity index (χ2n) is 4.33. The highest BCUT2D eigenvalue weighted by Crippen LogP contribution is 2.17. The number of hydrogen-bond donors (Lipinski definition) is 1. The lowest BCUT2D eigenvalue weighted by molar-refractivity contribution is 0.104. The first-order valence-electron chi connectivity index (χ1n) is 7.89. The molecule has 0 unspecified atom stereocenters. The number of rotatable bonds is 5. The number of hydrogen-bond acceptors (Lipinski definition) is 2. The highest BCUT2D eigenvalue weighted by atomic mass is 16.3. The summed E-state index contributed by atoms with van der Waals surface area (Å²) in [7, 11) is 0. The molecule has 0 aliphatic rings. The fourth-order valence-electron chi connectivity index (χ4n) is 1.52. The first-order chi connectivity index (χ1) is 10.5. The van der Waals surface area contributed by atoms with Gasteiger partial charge in [0.05, 0.1) is 5.56 Å². The molecule has 0 aliphatic carbocycles. The monoisotopic (exact) mass is 302 g/mol. The molecular weight excluding hydrogens is 272 g/mol. The van der Waals surface area contributed by atoms with Gasteiger partial charge in [-0.1, -0.05) is 78.5 Å². The lowest BCUT2D eigenvalue weighted by Gasteiger charge is -2.00. The average Bonchev–Trinajstić information content (AvgIpc) is 2.55. The highest BCUT2D eigenvalue weighted by Gasteiger charge is 2.06. The van der Waals surface area contributed by atoms with Gasteiger partial charge in [-0.25, -0.2) is 0 Å². The molecule has 0 saturated heterocycles. The molecule has 0 heterocycles. The van der Waals surface area contributed by atoms with Gasteiger partial charge in [-0.3, -0.25) is 4.79 Å². The fraction of sp³-hybridized carbons (Fsp3) is 0.350. The number of allylic oxidation sites excluding steroid dienone is 5. The van der Waals surface area contributed by atoms with Crippen molar-refractivity contribution in [1.82, 2.24) is 0 Å². The minimum Gasteiger partial charge on any atom is -0.507 e. The summed E-state index contributed by atoms with van der Waals surface area (Å²) in [6.07, 6.45) is 6.88. The number of aromatic hydroxyl groups is 1. The zero-order chi connectivity index (χ0) is 17.5. The van der Waals surface area contributed by atoms with Crippen LogP contribution in [-0.4, -0.2) is 10.9 Å². The fourth-order valence-corrected chi connectivity index (χ4v) is 1.52. The summed E-state index contributed by atoms with van der Waals surface area (Å²) >= 11 is 0. The van der Waals surface area contributed by atoms with Gasteiger partial charge < -0.3 is 5.11 Å². The maximum absolute atomic E-state index is 11.9. The van der Waals surface area contributed by atoms with E-state index in [1.54, 1.807) is 30.4 Å². The summed E-state index contributed by atoms with van der Waals surface area (Å²) in [6, 6.07) is 6.50. The van der Waals surface area contributed by atoms with E-state index in [2.05, 4.69) is 20.4 Å². The molecule has 0 aliphatic heterocycles. The third-order valence-electron chi connectivity index (χ3n) is 2.36. The van der Waals surface area contributed by atoms with Crippen molar-refractivity contribution in [1.29, 1.82) is 0 Å². The van der Waals surface area contributed by atoms with Crippen LogP contribution >= 0.6 is 0 Å². The van der Waals surface area contributed by atoms with E-state index < -0.39 is 0 Å². The summed E-state index contributed by atoms with van der Waals surface area (Å²) in [5, 5.41) is 9.56. The lowest BCUT2D eigenvalue weighted by Crippen LogP contribution is -1.94. The van der Waals surface area contributed by atoms with E-state index in [9.17, 15) is 9.90 Å². The summed E-state index contributed by atoms with van der Waals surface area (Å²) in [6.45, 7) is 15.8. The van der Waals surface area contributed by atoms with Crippen molar-refractivity contribution in [3.63, 3.8) is 0 Å². The molecule has 0 fully saturated rings. The van der Waals surface area contributed by atoms with Crippen LogP contribution in [-0.2, 0) is 0 Å². The molecule has 1 aromatic rings. The second kappa shape index (κ2) is 13.9. The normalized spacial score (nSPS) is 10.4. The van der Waals surface area contributed by atoms with E-state index in [-0.39, 0.29) is 11.5 Å². The number of para-hydroxylation sites is 1. The molecule has 2 nitrogen and oxygen atoms in total. The SMILES string of the molecule is C=CC(/C=C/C(=O)c1ccccc1O)=C\C(C)C.CC.CC. The Morgan fingerprint density at radius 2 is 1.64 bits per heavy atom. The first kappa shape index (κ1) is 22.2. The van der Waals surface area contributed by atoms with Gasteiger partial charge in [0.2, 0.25) is 0 Å². The van der Waals surface area contributed by atoms with Crippen molar-refractivity contribution in [2.75, 3.05) is 0 Å². The molecule has 0 atom stereocenters. The van der Waals surface area contributed by atoms with Crippen LogP contribution in [0.3, 0.4) is 0 Å². The molecule has 2 heteroatoms. The van der Waals surface area contributed by atoms with E-state index in [1.165, 1.54) is 12.1 Å². The Bertz CT molecular complexity index is 494. The maximum Gasteiger partial charge on any atom is 0.189 e. The molecular formula is C20H30O2. The van der Waals surface area contributed by atoms with Crippen LogP contribution in [0.25, 0.3) is 0 Å². The maximum atomic E-state index is 11.9. The Labute approximate surface area is 135 Å². The molecule has 0 saturated carbocycles. The van der Waals surface area contributed by atoms with E-state index in [1.807, 2.05) is 33.8 Å². The van der Waals surface area contributed by atoms with Gasteiger partial charge in [0, 0.05) is 0 Å². The third-order valence-corrected chi connectivity index (χ3v) is 2.36. The van der Waals surface area contributed by atoms with Gasteiger partial charge in [-0.05, 0) is 29.7 Å². The van der Waals surface area contributed by atoms with Gasteiger partial charge in [-0.15, -0.1) is 0 Å². The second-order valence-corrected chi connectivity index (χ2v) is 4.33. The Kier molecular flexibility index (Phi) is 14.0. The molecule has 1 rings (SSSR count). The first-order valence-corrected chi connectivity index (χ1v) is 7.89. The topological polar surface area (TPSA) is 37.3 Å². The summed E-state index contributed by atoms with van der Waals surface area (Å²) < 4.78 is 0. The number of phenolic OH excluding ortho intramolecular Hbond substituents is 1. The predicted molar refractivity (Wildman–Crippen MR) is 97.4 cm³/mol. The number of phenols is 1. The summed E-state index contributed by atoms with van der Waals surface area (Å²) in [5.74, 6) is 0.174. The van der Waals surface area contributed by atoms with Crippen LogP contribution in [0.5, 0.6) is 5.75 Å². The zero-order valence-corrected chi connectivity index (χ0v) is 14.8. The Balaban J connectivity index is 0. The molecule has 122 valence electrons. The van der Waals surface area contributed by atoms with Crippen LogP contribution in [0.2, 0.25) is 0 Å². The minimum atomic E-state index is -0.218. The Morgan fingerprint density at radius 3 is 2.09 bits per heavy atom. The summed E-state index contributed by atoms with van der Waals surface area (Å²) in [5.41, 5.74) is 1.20. The Hall–Kier alpha value is -2.09. The van der Waals surface area contributed by atoms with Gasteiger partial charge in [0.25, 0.3) is 0 Å². The van der Waals surface area contributed by atoms with E-state index in [4.69, 9.17) is 0 Å². The minimum absolute atomic E-state index is 0.000132. The smallest absolute Gasteiger partial charge is 0.189 e. The van der Waals surface area contributed by atoms with Gasteiger partial charge in [0.1, 0.15) is 5.75 Å². The number of ketones is 1. The van der Waals surface area contributed by atoms with E-state index in [0.717, 1.165) is 5.57 Å². The standard InChI is InChI=1S/C16H18O2.2C2H6/c1-4-13(11-12(2)3)9-10-16(18)14-7-5-6-8-15(14)17;2*1-2/h4-12,17H,1H2,2-3H3;2*1-2H3/b10-9+,13-11+;;. The Morgan fingerprint density at radius 1 is 1.09 bits per heavy atom. The largest absolute Gasteiger partial charge is 0.507 e. The van der Waals surface area contributed by atoms with Crippen LogP contribution in [0.15, 0.2) is 60.7 Å². The molecule has 0 spiro atoms. The van der Waals surface area contributed by atoms with E-state index in [0.29, 0.717) is 11.5 Å². The van der Waals surface area contributed by atoms with Crippen molar-refractivity contribution >= 4 is 5.78 Å². The number of carbonyl (C=O) groups excluding carboxylic acids is 1. The lowest BCUT2D eigenvalue weighted by atomic mass is 10.1. The molecule has 0 radical (unpaired) electrons. The zero-order valence-electron chi connectivity index (χ0n) is 14.8. The van der Waals surface area contributed by atoms with Crippen molar-refractivity contribution < 1.29 is 9.90 Å². The van der Waals surface area contributed by atoms with Crippen molar-refractivity contribution in [3.05, 3.63) is 66.3 Å². The number of benzene rings is 1.